The summed E-state index contributed by atoms with van der Waals surface area (Å²) < 4.78 is 14.2. The van der Waals surface area contributed by atoms with E-state index >= 15 is 0 Å². The van der Waals surface area contributed by atoms with E-state index in [0.717, 1.165) is 27.5 Å². The minimum Gasteiger partial charge on any atom is -0.496 e. The highest BCUT2D eigenvalue weighted by molar-refractivity contribution is 7.07. The number of amides is 1. The largest absolute Gasteiger partial charge is 0.496 e. The molecule has 1 aromatic heterocycles. The van der Waals surface area contributed by atoms with Gasteiger partial charge in [0, 0.05) is 29.2 Å². The summed E-state index contributed by atoms with van der Waals surface area (Å²) in [6.07, 6.45) is 1.83. The Bertz CT molecular complexity index is 2160. The van der Waals surface area contributed by atoms with Crippen molar-refractivity contribution >= 4 is 45.7 Å². The lowest BCUT2D eigenvalue weighted by Gasteiger charge is -2.30. The molecule has 9 heteroatoms. The van der Waals surface area contributed by atoms with Gasteiger partial charge in [0.05, 0.1) is 22.9 Å². The molecule has 0 aliphatic carbocycles. The van der Waals surface area contributed by atoms with Crippen LogP contribution in [0.3, 0.4) is 0 Å². The molecule has 46 heavy (non-hydrogen) atoms. The molecule has 0 bridgehead atoms. The Balaban J connectivity index is 1.54. The van der Waals surface area contributed by atoms with Gasteiger partial charge in [0.1, 0.15) is 24.1 Å². The minimum atomic E-state index is -0.748. The number of carbonyl (C=O) groups excluding carboxylic acids is 1. The van der Waals surface area contributed by atoms with Crippen LogP contribution in [0.4, 0.5) is 0 Å². The van der Waals surface area contributed by atoms with E-state index in [1.807, 2.05) is 112 Å². The molecule has 0 N–H and O–H groups in total. The second-order valence-electron chi connectivity index (χ2n) is 10.9. The monoisotopic (exact) mass is 651 g/mol. The first-order valence-electron chi connectivity index (χ1n) is 15.2. The van der Waals surface area contributed by atoms with E-state index in [2.05, 4.69) is 0 Å². The zero-order valence-corrected chi connectivity index (χ0v) is 27.7. The first kappa shape index (κ1) is 31.3. The van der Waals surface area contributed by atoms with Crippen molar-refractivity contribution < 1.29 is 14.3 Å². The van der Waals surface area contributed by atoms with Crippen molar-refractivity contribution in [3.63, 3.8) is 0 Å². The lowest BCUT2D eigenvalue weighted by atomic mass is 9.90. The van der Waals surface area contributed by atoms with Gasteiger partial charge < -0.3 is 14.4 Å². The fourth-order valence-electron chi connectivity index (χ4n) is 5.95. The molecule has 1 aliphatic rings. The molecule has 0 saturated carbocycles. The summed E-state index contributed by atoms with van der Waals surface area (Å²) in [5, 5.41) is 2.53. The Hall–Kier alpha value is -4.66. The van der Waals surface area contributed by atoms with Gasteiger partial charge in [0.15, 0.2) is 4.80 Å². The molecule has 234 valence electrons. The standard InChI is InChI=1S/C37H34ClN3O4S/c1-5-40(6-2)36(43)32-23(3)39-37-41(34(32)33-28-16-9-7-13-25(28)18-19-30(33)44-4)35(42)31(46-37)21-26-14-8-10-17-29(26)45-22-24-12-11-15-27(38)20-24/h7-21,34H,5-6,22H2,1-4H3/b31-21+/t34-/m0/s1. The summed E-state index contributed by atoms with van der Waals surface area (Å²) in [6, 6.07) is 26.2. The van der Waals surface area contributed by atoms with Crippen LogP contribution in [0.1, 0.15) is 43.5 Å². The van der Waals surface area contributed by atoms with E-state index in [1.54, 1.807) is 16.6 Å². The summed E-state index contributed by atoms with van der Waals surface area (Å²) in [6.45, 7) is 7.13. The Morgan fingerprint density at radius 1 is 1.00 bits per heavy atom. The van der Waals surface area contributed by atoms with Crippen molar-refractivity contribution in [2.45, 2.75) is 33.4 Å². The third-order valence-corrected chi connectivity index (χ3v) is 9.43. The zero-order chi connectivity index (χ0) is 32.4. The van der Waals surface area contributed by atoms with E-state index in [4.69, 9.17) is 26.1 Å². The molecule has 1 atom stereocenters. The van der Waals surface area contributed by atoms with Crippen molar-refractivity contribution in [2.75, 3.05) is 20.2 Å². The number of thiazole rings is 1. The smallest absolute Gasteiger partial charge is 0.271 e. The molecule has 4 aromatic carbocycles. The predicted molar refractivity (Wildman–Crippen MR) is 184 cm³/mol. The number of halogens is 1. The fourth-order valence-corrected chi connectivity index (χ4v) is 7.20. The number of methoxy groups -OCH3 is 1. The lowest BCUT2D eigenvalue weighted by molar-refractivity contribution is -0.127. The van der Waals surface area contributed by atoms with Crippen molar-refractivity contribution in [1.29, 1.82) is 0 Å². The molecule has 0 fully saturated rings. The summed E-state index contributed by atoms with van der Waals surface area (Å²) in [4.78, 5) is 35.8. The molecule has 2 heterocycles. The van der Waals surface area contributed by atoms with Crippen LogP contribution in [0.2, 0.25) is 5.02 Å². The number of hydrogen-bond donors (Lipinski definition) is 0. The molecule has 1 amide bonds. The highest BCUT2D eigenvalue weighted by Crippen LogP contribution is 2.40. The highest BCUT2D eigenvalue weighted by atomic mass is 35.5. The van der Waals surface area contributed by atoms with Gasteiger partial charge >= 0.3 is 0 Å². The van der Waals surface area contributed by atoms with Crippen LogP contribution in [0.25, 0.3) is 16.8 Å². The second-order valence-corrected chi connectivity index (χ2v) is 12.4. The van der Waals surface area contributed by atoms with Crippen molar-refractivity contribution in [1.82, 2.24) is 9.47 Å². The Labute approximate surface area is 276 Å². The van der Waals surface area contributed by atoms with Gasteiger partial charge in [-0.05, 0) is 67.4 Å². The van der Waals surface area contributed by atoms with Crippen molar-refractivity contribution in [3.05, 3.63) is 138 Å². The van der Waals surface area contributed by atoms with Crippen LogP contribution in [-0.2, 0) is 11.4 Å². The Morgan fingerprint density at radius 2 is 1.76 bits per heavy atom. The number of carbonyl (C=O) groups is 1. The third-order valence-electron chi connectivity index (χ3n) is 8.22. The van der Waals surface area contributed by atoms with E-state index in [9.17, 15) is 9.59 Å². The van der Waals surface area contributed by atoms with Gasteiger partial charge in [-0.3, -0.25) is 14.2 Å². The number of nitrogens with zero attached hydrogens (tertiary/aromatic N) is 3. The van der Waals surface area contributed by atoms with Crippen molar-refractivity contribution in [3.8, 4) is 11.5 Å². The number of likely N-dealkylation sites (N-methyl/N-ethyl adjacent to an activating group) is 1. The van der Waals surface area contributed by atoms with Gasteiger partial charge in [-0.15, -0.1) is 0 Å². The number of para-hydroxylation sites is 1. The molecule has 0 unspecified atom stereocenters. The number of allylic oxidation sites excluding steroid dienone is 1. The van der Waals surface area contributed by atoms with Crippen LogP contribution >= 0.6 is 22.9 Å². The number of benzene rings is 4. The number of aromatic nitrogens is 1. The van der Waals surface area contributed by atoms with Crippen LogP contribution in [0, 0.1) is 0 Å². The zero-order valence-electron chi connectivity index (χ0n) is 26.1. The lowest BCUT2D eigenvalue weighted by Crippen LogP contribution is -2.43. The maximum Gasteiger partial charge on any atom is 0.271 e. The molecule has 7 nitrogen and oxygen atoms in total. The molecular weight excluding hydrogens is 618 g/mol. The number of rotatable bonds is 9. The van der Waals surface area contributed by atoms with E-state index < -0.39 is 6.04 Å². The molecule has 0 radical (unpaired) electrons. The number of ether oxygens (including phenoxy) is 2. The number of fused-ring (bicyclic) bond motifs is 2. The van der Waals surface area contributed by atoms with Gasteiger partial charge in [-0.25, -0.2) is 4.99 Å². The maximum atomic E-state index is 14.5. The quantitative estimate of drug-likeness (QED) is 0.183. The normalized spacial score (nSPS) is 14.6. The van der Waals surface area contributed by atoms with E-state index in [0.29, 0.717) is 56.8 Å². The van der Waals surface area contributed by atoms with Crippen molar-refractivity contribution in [2.24, 2.45) is 4.99 Å². The SMILES string of the molecule is CCN(CC)C(=O)C1=C(C)N=c2s/c(=C/c3ccccc3OCc3cccc(Cl)c3)c(=O)n2[C@@H]1c1c(OC)ccc2ccccc12. The summed E-state index contributed by atoms with van der Waals surface area (Å²) in [5.41, 5.74) is 3.24. The molecule has 6 rings (SSSR count). The first-order valence-corrected chi connectivity index (χ1v) is 16.4. The fraction of sp³-hybridized carbons (Fsp3) is 0.216. The highest BCUT2D eigenvalue weighted by Gasteiger charge is 2.36. The Kier molecular flexibility index (Phi) is 9.10. The molecule has 1 aliphatic heterocycles. The Morgan fingerprint density at radius 3 is 2.52 bits per heavy atom. The third kappa shape index (κ3) is 5.86. The van der Waals surface area contributed by atoms with Crippen LogP contribution in [0.5, 0.6) is 11.5 Å². The maximum absolute atomic E-state index is 14.5. The van der Waals surface area contributed by atoms with E-state index in [1.165, 1.54) is 11.3 Å². The molecule has 0 spiro atoms. The first-order chi connectivity index (χ1) is 22.3. The van der Waals surface area contributed by atoms with Gasteiger partial charge in [0.25, 0.3) is 11.5 Å². The molecule has 0 saturated heterocycles. The van der Waals surface area contributed by atoms with Crippen LogP contribution in [-0.4, -0.2) is 35.6 Å². The number of hydrogen-bond acceptors (Lipinski definition) is 6. The summed E-state index contributed by atoms with van der Waals surface area (Å²) in [5.74, 6) is 1.08. The molecular formula is C37H34ClN3O4S. The van der Waals surface area contributed by atoms with Gasteiger partial charge in [-0.1, -0.05) is 83.6 Å². The molecule has 5 aromatic rings. The average Bonchev–Trinajstić information content (AvgIpc) is 3.37. The topological polar surface area (TPSA) is 73.1 Å². The van der Waals surface area contributed by atoms with E-state index in [-0.39, 0.29) is 11.5 Å². The van der Waals surface area contributed by atoms with Crippen LogP contribution < -0.4 is 24.4 Å². The van der Waals surface area contributed by atoms with Gasteiger partial charge in [-0.2, -0.15) is 0 Å². The average molecular weight is 652 g/mol. The minimum absolute atomic E-state index is 0.153. The second kappa shape index (κ2) is 13.4. The summed E-state index contributed by atoms with van der Waals surface area (Å²) in [7, 11) is 1.61. The van der Waals surface area contributed by atoms with Crippen LogP contribution in [0.15, 0.2) is 106 Å². The van der Waals surface area contributed by atoms with Gasteiger partial charge in [0.2, 0.25) is 0 Å². The summed E-state index contributed by atoms with van der Waals surface area (Å²) >= 11 is 7.46. The predicted octanol–water partition coefficient (Wildman–Crippen LogP) is 6.50.